The number of fused-ring (bicyclic) bond motifs is 1. The molecule has 1 heterocycles. The predicted molar refractivity (Wildman–Crippen MR) is 147 cm³/mol. The van der Waals surface area contributed by atoms with E-state index in [1.807, 2.05) is 6.07 Å². The number of nitrogens with one attached hydrogen (secondary N) is 2. The second-order valence-electron chi connectivity index (χ2n) is 10.4. The second kappa shape index (κ2) is 10.3. The summed E-state index contributed by atoms with van der Waals surface area (Å²) in [5, 5.41) is 15.7. The van der Waals surface area contributed by atoms with Crippen molar-refractivity contribution in [3.63, 3.8) is 0 Å². The molecule has 0 aliphatic heterocycles. The maximum atomic E-state index is 15.0. The fraction of sp³-hybridized carbons (Fsp3) is 0.276. The summed E-state index contributed by atoms with van der Waals surface area (Å²) in [5.74, 6) is -1.57. The fourth-order valence-electron chi connectivity index (χ4n) is 3.94. The molecule has 0 unspecified atom stereocenters. The average Bonchev–Trinajstić information content (AvgIpc) is 3.24. The number of carbonyl (C=O) groups excluding carboxylic acids is 1. The largest absolute Gasteiger partial charge is 0.480 e. The van der Waals surface area contributed by atoms with Gasteiger partial charge in [-0.2, -0.15) is 0 Å². The van der Waals surface area contributed by atoms with Crippen LogP contribution < -0.4 is 10.6 Å². The van der Waals surface area contributed by atoms with Gasteiger partial charge in [0.1, 0.15) is 11.9 Å². The third-order valence-electron chi connectivity index (χ3n) is 6.16. The van der Waals surface area contributed by atoms with E-state index in [1.54, 1.807) is 57.2 Å². The molecule has 0 radical (unpaired) electrons. The van der Waals surface area contributed by atoms with E-state index in [9.17, 15) is 19.1 Å². The van der Waals surface area contributed by atoms with Crippen LogP contribution in [0.5, 0.6) is 0 Å². The van der Waals surface area contributed by atoms with Crippen molar-refractivity contribution in [3.05, 3.63) is 77.6 Å². The summed E-state index contributed by atoms with van der Waals surface area (Å²) in [4.78, 5) is 28.7. The zero-order valence-electron chi connectivity index (χ0n) is 21.4. The van der Waals surface area contributed by atoms with Crippen molar-refractivity contribution in [2.45, 2.75) is 46.6 Å². The number of anilines is 2. The number of carboxylic acids is 1. The normalized spacial score (nSPS) is 12.5. The molecule has 1 aromatic heterocycles. The van der Waals surface area contributed by atoms with Gasteiger partial charge in [-0.15, -0.1) is 0 Å². The van der Waals surface area contributed by atoms with Crippen molar-refractivity contribution in [2.24, 2.45) is 5.41 Å². The van der Waals surface area contributed by atoms with Crippen molar-refractivity contribution >= 4 is 44.2 Å². The van der Waals surface area contributed by atoms with Crippen molar-refractivity contribution in [2.75, 3.05) is 5.32 Å². The molecule has 0 fully saturated rings. The van der Waals surface area contributed by atoms with Crippen molar-refractivity contribution in [3.8, 4) is 11.1 Å². The average molecular weight is 520 g/mol. The highest BCUT2D eigenvalue weighted by atomic mass is 32.1. The van der Waals surface area contributed by atoms with E-state index in [4.69, 9.17) is 0 Å². The molecular weight excluding hydrogens is 489 g/mol. The lowest BCUT2D eigenvalue weighted by Crippen LogP contribution is -2.49. The van der Waals surface area contributed by atoms with Gasteiger partial charge in [0.15, 0.2) is 5.13 Å². The van der Waals surface area contributed by atoms with E-state index in [0.717, 1.165) is 15.8 Å². The maximum Gasteiger partial charge on any atom is 0.326 e. The van der Waals surface area contributed by atoms with Crippen LogP contribution in [-0.4, -0.2) is 28.0 Å². The number of aliphatic carboxylic acids is 1. The van der Waals surface area contributed by atoms with Crippen LogP contribution in [0, 0.1) is 11.2 Å². The van der Waals surface area contributed by atoms with E-state index in [1.165, 1.54) is 23.0 Å². The Bertz CT molecular complexity index is 1460. The van der Waals surface area contributed by atoms with Crippen LogP contribution in [0.2, 0.25) is 0 Å². The summed E-state index contributed by atoms with van der Waals surface area (Å²) < 4.78 is 16.0. The first-order chi connectivity index (χ1) is 17.4. The number of hydrogen-bond acceptors (Lipinski definition) is 5. The number of thiazole rings is 1. The van der Waals surface area contributed by atoms with E-state index < -0.39 is 29.2 Å². The van der Waals surface area contributed by atoms with Gasteiger partial charge < -0.3 is 15.7 Å². The van der Waals surface area contributed by atoms with Gasteiger partial charge in [0.05, 0.1) is 15.9 Å². The van der Waals surface area contributed by atoms with Crippen LogP contribution in [0.1, 0.15) is 56.5 Å². The van der Waals surface area contributed by atoms with Crippen LogP contribution in [0.3, 0.4) is 0 Å². The molecule has 0 aliphatic rings. The number of halogens is 1. The Hall–Kier alpha value is -3.78. The molecule has 4 aromatic rings. The lowest BCUT2D eigenvalue weighted by Gasteiger charge is -2.27. The molecule has 8 heteroatoms. The molecule has 1 amide bonds. The Morgan fingerprint density at radius 3 is 2.24 bits per heavy atom. The molecule has 0 saturated carbocycles. The summed E-state index contributed by atoms with van der Waals surface area (Å²) in [6, 6.07) is 16.7. The Labute approximate surface area is 219 Å². The van der Waals surface area contributed by atoms with Gasteiger partial charge in [-0.3, -0.25) is 4.79 Å². The van der Waals surface area contributed by atoms with Gasteiger partial charge in [-0.25, -0.2) is 14.2 Å². The molecule has 3 N–H and O–H groups in total. The molecule has 4 rings (SSSR count). The molecule has 0 bridgehead atoms. The molecular formula is C29H30FN3O3S. The van der Waals surface area contributed by atoms with Crippen LogP contribution in [0.4, 0.5) is 15.2 Å². The van der Waals surface area contributed by atoms with Gasteiger partial charge in [0, 0.05) is 5.56 Å². The first-order valence-electron chi connectivity index (χ1n) is 12.0. The van der Waals surface area contributed by atoms with Gasteiger partial charge in [-0.05, 0) is 64.4 Å². The topological polar surface area (TPSA) is 91.3 Å². The second-order valence-corrected chi connectivity index (χ2v) is 11.4. The number of amides is 1. The first kappa shape index (κ1) is 26.3. The van der Waals surface area contributed by atoms with E-state index >= 15 is 0 Å². The summed E-state index contributed by atoms with van der Waals surface area (Å²) in [6.45, 7) is 9.54. The monoisotopic (exact) mass is 519 g/mol. The summed E-state index contributed by atoms with van der Waals surface area (Å²) in [5.41, 5.74) is 3.50. The number of hydrogen-bond donors (Lipinski definition) is 3. The molecule has 6 nitrogen and oxygen atoms in total. The van der Waals surface area contributed by atoms with Gasteiger partial charge >= 0.3 is 5.97 Å². The Kier molecular flexibility index (Phi) is 7.32. The van der Waals surface area contributed by atoms with Crippen molar-refractivity contribution < 1.29 is 19.1 Å². The standard InChI is InChI=1S/C29H30FN3O3S/c1-16(2)19-10-13-23-24(15-19)37-28(32-23)31-22-12-11-20(14-21(22)30)17-6-8-18(9-7-17)26(34)33-25(27(35)36)29(3,4)5/h6-16,25H,1-5H3,(H,31,32)(H,33,34)(H,35,36)/t25-/m1/s1. The molecule has 0 saturated heterocycles. The molecule has 0 spiro atoms. The smallest absolute Gasteiger partial charge is 0.326 e. The fourth-order valence-corrected chi connectivity index (χ4v) is 4.87. The van der Waals surface area contributed by atoms with Gasteiger partial charge in [-0.1, -0.05) is 70.2 Å². The molecule has 192 valence electrons. The highest BCUT2D eigenvalue weighted by molar-refractivity contribution is 7.22. The highest BCUT2D eigenvalue weighted by Crippen LogP contribution is 2.32. The van der Waals surface area contributed by atoms with Crippen LogP contribution in [0.25, 0.3) is 21.3 Å². The number of carboxylic acid groups (broad SMARTS) is 1. The number of benzene rings is 3. The third-order valence-corrected chi connectivity index (χ3v) is 7.09. The van der Waals surface area contributed by atoms with Crippen molar-refractivity contribution in [1.82, 2.24) is 10.3 Å². The first-order valence-corrected chi connectivity index (χ1v) is 12.8. The van der Waals surface area contributed by atoms with Gasteiger partial charge in [0.25, 0.3) is 5.91 Å². The van der Waals surface area contributed by atoms with E-state index in [2.05, 4.69) is 41.6 Å². The number of carbonyl (C=O) groups is 2. The summed E-state index contributed by atoms with van der Waals surface area (Å²) in [7, 11) is 0. The van der Waals surface area contributed by atoms with Crippen LogP contribution in [0.15, 0.2) is 60.7 Å². The maximum absolute atomic E-state index is 15.0. The minimum atomic E-state index is -1.09. The van der Waals surface area contributed by atoms with Crippen LogP contribution >= 0.6 is 11.3 Å². The third kappa shape index (κ3) is 5.97. The zero-order chi connectivity index (χ0) is 26.9. The predicted octanol–water partition coefficient (Wildman–Crippen LogP) is 7.20. The Morgan fingerprint density at radius 1 is 0.973 bits per heavy atom. The lowest BCUT2D eigenvalue weighted by atomic mass is 9.86. The molecule has 3 aromatic carbocycles. The molecule has 1 atom stereocenters. The zero-order valence-corrected chi connectivity index (χ0v) is 22.2. The minimum Gasteiger partial charge on any atom is -0.480 e. The van der Waals surface area contributed by atoms with Crippen molar-refractivity contribution in [1.29, 1.82) is 0 Å². The quantitative estimate of drug-likeness (QED) is 0.240. The highest BCUT2D eigenvalue weighted by Gasteiger charge is 2.32. The Balaban J connectivity index is 1.48. The molecule has 37 heavy (non-hydrogen) atoms. The SMILES string of the molecule is CC(C)c1ccc2nc(Nc3ccc(-c4ccc(C(=O)N[C@H](C(=O)O)C(C)(C)C)cc4)cc3F)sc2c1. The Morgan fingerprint density at radius 2 is 1.65 bits per heavy atom. The number of rotatable bonds is 7. The summed E-state index contributed by atoms with van der Waals surface area (Å²) in [6.07, 6.45) is 0. The molecule has 0 aliphatic carbocycles. The van der Waals surface area contributed by atoms with Crippen LogP contribution in [-0.2, 0) is 4.79 Å². The van der Waals surface area contributed by atoms with E-state index in [0.29, 0.717) is 27.9 Å². The summed E-state index contributed by atoms with van der Waals surface area (Å²) >= 11 is 1.48. The van der Waals surface area contributed by atoms with E-state index in [-0.39, 0.29) is 0 Å². The minimum absolute atomic E-state index is 0.324. The lowest BCUT2D eigenvalue weighted by molar-refractivity contribution is -0.142. The van der Waals surface area contributed by atoms with Gasteiger partial charge in [0.2, 0.25) is 0 Å². The number of aromatic nitrogens is 1. The number of nitrogens with zero attached hydrogens (tertiary/aromatic N) is 1.